The summed E-state index contributed by atoms with van der Waals surface area (Å²) in [7, 11) is 0. The summed E-state index contributed by atoms with van der Waals surface area (Å²) < 4.78 is 72.4. The lowest BCUT2D eigenvalue weighted by molar-refractivity contribution is -0.137. The van der Waals surface area contributed by atoms with Crippen LogP contribution in [0.2, 0.25) is 0 Å². The number of alkyl halides is 3. The fourth-order valence-corrected chi connectivity index (χ4v) is 3.66. The number of ether oxygens (including phenoxy) is 1. The molecule has 0 aliphatic carbocycles. The van der Waals surface area contributed by atoms with Gasteiger partial charge in [0.15, 0.2) is 11.6 Å². The molecule has 0 radical (unpaired) electrons. The summed E-state index contributed by atoms with van der Waals surface area (Å²) in [5, 5.41) is 2.51. The second-order valence-electron chi connectivity index (χ2n) is 7.73. The molecule has 2 amide bonds. The smallest absolute Gasteiger partial charge is 0.416 e. The quantitative estimate of drug-likeness (QED) is 0.489. The largest absolute Gasteiger partial charge is 0.435 e. The van der Waals surface area contributed by atoms with E-state index in [9.17, 15) is 31.5 Å². The fraction of sp³-hybridized carbons (Fsp3) is 0.208. The molecule has 0 atom stereocenters. The van der Waals surface area contributed by atoms with Gasteiger partial charge in [0.05, 0.1) is 11.1 Å². The minimum Gasteiger partial charge on any atom is -0.435 e. The fourth-order valence-electron chi connectivity index (χ4n) is 3.66. The first-order chi connectivity index (χ1) is 16.6. The van der Waals surface area contributed by atoms with E-state index in [1.165, 1.54) is 23.2 Å². The number of nitrogens with zero attached hydrogens (tertiary/aromatic N) is 2. The lowest BCUT2D eigenvalue weighted by Gasteiger charge is -2.16. The van der Waals surface area contributed by atoms with Gasteiger partial charge in [0.2, 0.25) is 5.88 Å². The Morgan fingerprint density at radius 2 is 1.89 bits per heavy atom. The Kier molecular flexibility index (Phi) is 6.42. The number of benzene rings is 2. The highest BCUT2D eigenvalue weighted by molar-refractivity contribution is 6.00. The Bertz CT molecular complexity index is 1310. The van der Waals surface area contributed by atoms with Crippen LogP contribution in [0.15, 0.2) is 48.7 Å². The van der Waals surface area contributed by atoms with Crippen molar-refractivity contribution in [1.82, 2.24) is 15.2 Å². The van der Waals surface area contributed by atoms with Gasteiger partial charge in [0.1, 0.15) is 11.4 Å². The molecule has 1 N–H and O–H groups in total. The van der Waals surface area contributed by atoms with Crippen LogP contribution in [-0.2, 0) is 19.3 Å². The first-order valence-electron chi connectivity index (χ1n) is 10.5. The molecule has 2 aromatic carbocycles. The van der Waals surface area contributed by atoms with Gasteiger partial charge in [-0.05, 0) is 54.4 Å². The molecule has 0 fully saturated rings. The lowest BCUT2D eigenvalue weighted by atomic mass is 10.1. The molecule has 182 valence electrons. The Balaban J connectivity index is 1.54. The zero-order valence-electron chi connectivity index (χ0n) is 18.2. The lowest BCUT2D eigenvalue weighted by Crippen LogP contribution is -2.25. The van der Waals surface area contributed by atoms with Crippen LogP contribution in [0.4, 0.5) is 22.0 Å². The number of carbonyl (C=O) groups excluding carboxylic acids is 2. The maximum absolute atomic E-state index is 14.4. The number of amides is 2. The van der Waals surface area contributed by atoms with Gasteiger partial charge in [0.25, 0.3) is 11.8 Å². The van der Waals surface area contributed by atoms with Gasteiger partial charge >= 0.3 is 6.18 Å². The van der Waals surface area contributed by atoms with Crippen molar-refractivity contribution in [3.05, 3.63) is 88.1 Å². The number of nitrogens with one attached hydrogen (secondary N) is 1. The van der Waals surface area contributed by atoms with Crippen LogP contribution in [0.1, 0.15) is 44.3 Å². The highest BCUT2D eigenvalue weighted by Crippen LogP contribution is 2.36. The van der Waals surface area contributed by atoms with Crippen LogP contribution in [0.5, 0.6) is 11.6 Å². The van der Waals surface area contributed by atoms with Crippen molar-refractivity contribution in [1.29, 1.82) is 0 Å². The summed E-state index contributed by atoms with van der Waals surface area (Å²) in [6.07, 6.45) is -3.40. The van der Waals surface area contributed by atoms with E-state index in [0.717, 1.165) is 12.1 Å². The second-order valence-corrected chi connectivity index (χ2v) is 7.73. The summed E-state index contributed by atoms with van der Waals surface area (Å²) >= 11 is 0. The molecule has 2 heterocycles. The number of pyridine rings is 1. The van der Waals surface area contributed by atoms with E-state index in [-0.39, 0.29) is 30.1 Å². The molecule has 0 saturated carbocycles. The maximum atomic E-state index is 14.4. The van der Waals surface area contributed by atoms with Crippen LogP contribution >= 0.6 is 0 Å². The Morgan fingerprint density at radius 1 is 1.11 bits per heavy atom. The van der Waals surface area contributed by atoms with E-state index in [0.29, 0.717) is 29.8 Å². The summed E-state index contributed by atoms with van der Waals surface area (Å²) in [6.45, 7) is 2.19. The van der Waals surface area contributed by atoms with Crippen molar-refractivity contribution in [2.45, 2.75) is 26.2 Å². The molecule has 0 unspecified atom stereocenters. The van der Waals surface area contributed by atoms with Crippen LogP contribution in [0, 0.1) is 11.6 Å². The van der Waals surface area contributed by atoms with Gasteiger partial charge in [-0.1, -0.05) is 6.07 Å². The van der Waals surface area contributed by atoms with Crippen molar-refractivity contribution >= 4 is 11.8 Å². The number of aromatic nitrogens is 1. The zero-order chi connectivity index (χ0) is 25.3. The van der Waals surface area contributed by atoms with Gasteiger partial charge in [-0.3, -0.25) is 9.59 Å². The minimum atomic E-state index is -4.72. The molecule has 35 heavy (non-hydrogen) atoms. The second kappa shape index (κ2) is 9.32. The molecule has 0 saturated heterocycles. The van der Waals surface area contributed by atoms with Gasteiger partial charge in [-0.2, -0.15) is 13.2 Å². The van der Waals surface area contributed by atoms with Crippen molar-refractivity contribution in [2.24, 2.45) is 0 Å². The third-order valence-electron chi connectivity index (χ3n) is 5.32. The third kappa shape index (κ3) is 4.93. The Labute approximate surface area is 196 Å². The van der Waals surface area contributed by atoms with Gasteiger partial charge in [-0.25, -0.2) is 13.8 Å². The summed E-state index contributed by atoms with van der Waals surface area (Å²) in [5.74, 6) is -3.85. The van der Waals surface area contributed by atoms with Crippen molar-refractivity contribution in [2.75, 3.05) is 6.54 Å². The molecular weight excluding hydrogens is 473 g/mol. The molecule has 0 bridgehead atoms. The molecule has 1 aliphatic rings. The Hall–Kier alpha value is -4.02. The molecule has 3 aromatic rings. The number of hydrogen-bond acceptors (Lipinski definition) is 4. The van der Waals surface area contributed by atoms with Crippen molar-refractivity contribution in [3.63, 3.8) is 0 Å². The van der Waals surface area contributed by atoms with Crippen molar-refractivity contribution < 1.29 is 36.3 Å². The van der Waals surface area contributed by atoms with Gasteiger partial charge in [0, 0.05) is 25.8 Å². The predicted molar refractivity (Wildman–Crippen MR) is 114 cm³/mol. The standard InChI is InChI=1S/C24H18F5N3O3/c1-2-30-21(33)16-5-3-13(9-17(16)25)11-32-12-14-7-8-31-22(20(14)23(32)34)35-19-6-4-15(10-18(19)26)24(27,28)29/h3-10H,2,11-12H2,1H3,(H,30,33). The van der Waals surface area contributed by atoms with Crippen LogP contribution in [-0.4, -0.2) is 28.2 Å². The molecular formula is C24H18F5N3O3. The van der Waals surface area contributed by atoms with E-state index < -0.39 is 40.9 Å². The third-order valence-corrected chi connectivity index (χ3v) is 5.32. The SMILES string of the molecule is CCNC(=O)c1ccc(CN2Cc3ccnc(Oc4ccc(C(F)(F)F)cc4F)c3C2=O)cc1F. The predicted octanol–water partition coefficient (Wildman–Crippen LogP) is 5.08. The van der Waals surface area contributed by atoms with Gasteiger partial charge in [-0.15, -0.1) is 0 Å². The monoisotopic (exact) mass is 491 g/mol. The molecule has 1 aliphatic heterocycles. The van der Waals surface area contributed by atoms with E-state index in [2.05, 4.69) is 10.3 Å². The summed E-state index contributed by atoms with van der Waals surface area (Å²) in [4.78, 5) is 30.2. The number of rotatable bonds is 6. The summed E-state index contributed by atoms with van der Waals surface area (Å²) in [6, 6.07) is 7.34. The molecule has 11 heteroatoms. The minimum absolute atomic E-state index is 0.00813. The highest BCUT2D eigenvalue weighted by Gasteiger charge is 2.34. The average Bonchev–Trinajstić information content (AvgIpc) is 3.10. The Morgan fingerprint density at radius 3 is 2.54 bits per heavy atom. The highest BCUT2D eigenvalue weighted by atomic mass is 19.4. The number of carbonyl (C=O) groups is 2. The number of halogens is 5. The first-order valence-corrected chi connectivity index (χ1v) is 10.5. The van der Waals surface area contributed by atoms with E-state index in [4.69, 9.17) is 4.74 Å². The number of hydrogen-bond donors (Lipinski definition) is 1. The first kappa shape index (κ1) is 24.1. The molecule has 6 nitrogen and oxygen atoms in total. The summed E-state index contributed by atoms with van der Waals surface area (Å²) in [5.41, 5.74) is -0.328. The number of fused-ring (bicyclic) bond motifs is 1. The normalized spacial score (nSPS) is 13.1. The molecule has 1 aromatic heterocycles. The van der Waals surface area contributed by atoms with Crippen LogP contribution < -0.4 is 10.1 Å². The molecule has 4 rings (SSSR count). The van der Waals surface area contributed by atoms with Gasteiger partial charge < -0.3 is 15.0 Å². The van der Waals surface area contributed by atoms with E-state index >= 15 is 0 Å². The zero-order valence-corrected chi connectivity index (χ0v) is 18.2. The maximum Gasteiger partial charge on any atom is 0.416 e. The van der Waals surface area contributed by atoms with Crippen LogP contribution in [0.3, 0.4) is 0 Å². The topological polar surface area (TPSA) is 71.5 Å². The van der Waals surface area contributed by atoms with E-state index in [1.807, 2.05) is 0 Å². The molecule has 0 spiro atoms. The van der Waals surface area contributed by atoms with Crippen LogP contribution in [0.25, 0.3) is 0 Å². The van der Waals surface area contributed by atoms with Crippen molar-refractivity contribution in [3.8, 4) is 11.6 Å². The van der Waals surface area contributed by atoms with E-state index in [1.54, 1.807) is 13.0 Å². The average molecular weight is 491 g/mol.